The molecule has 0 bridgehead atoms. The second-order valence-corrected chi connectivity index (χ2v) is 7.70. The monoisotopic (exact) mass is 345 g/mol. The maximum Gasteiger partial charge on any atom is 0.321 e. The molecule has 4 nitrogen and oxygen atoms in total. The Kier molecular flexibility index (Phi) is 6.88. The van der Waals surface area contributed by atoms with E-state index in [4.69, 9.17) is 0 Å². The Morgan fingerprint density at radius 2 is 1.88 bits per heavy atom. The summed E-state index contributed by atoms with van der Waals surface area (Å²) in [5, 5.41) is 3.16. The number of nitrogens with zero attached hydrogens (tertiary/aromatic N) is 2. The maximum absolute atomic E-state index is 12.7. The van der Waals surface area contributed by atoms with Crippen LogP contribution in [0.2, 0.25) is 0 Å². The lowest BCUT2D eigenvalue weighted by Gasteiger charge is -2.26. The molecule has 2 rings (SSSR count). The Morgan fingerprint density at radius 1 is 1.20 bits per heavy atom. The first-order chi connectivity index (χ1) is 11.9. The van der Waals surface area contributed by atoms with E-state index in [-0.39, 0.29) is 6.03 Å². The number of hydrogen-bond acceptors (Lipinski definition) is 2. The summed E-state index contributed by atoms with van der Waals surface area (Å²) in [6, 6.07) is 6.98. The van der Waals surface area contributed by atoms with Gasteiger partial charge in [-0.2, -0.15) is 0 Å². The first-order valence-electron chi connectivity index (χ1n) is 9.81. The quantitative estimate of drug-likeness (QED) is 0.797. The average molecular weight is 346 g/mol. The van der Waals surface area contributed by atoms with E-state index in [1.807, 2.05) is 4.90 Å². The van der Waals surface area contributed by atoms with E-state index in [9.17, 15) is 4.79 Å². The number of amides is 2. The zero-order valence-corrected chi connectivity index (χ0v) is 16.8. The number of carbonyl (C=O) groups is 1. The molecular formula is C21H35N3O. The van der Waals surface area contributed by atoms with E-state index in [2.05, 4.69) is 70.0 Å². The van der Waals surface area contributed by atoms with Crippen LogP contribution >= 0.6 is 0 Å². The number of benzene rings is 1. The van der Waals surface area contributed by atoms with Gasteiger partial charge in [-0.3, -0.25) is 4.90 Å². The zero-order chi connectivity index (χ0) is 18.6. The third-order valence-electron chi connectivity index (χ3n) is 5.39. The number of urea groups is 1. The van der Waals surface area contributed by atoms with Crippen molar-refractivity contribution in [2.75, 3.05) is 31.5 Å². The van der Waals surface area contributed by atoms with Crippen molar-refractivity contribution in [2.45, 2.75) is 65.8 Å². The zero-order valence-electron chi connectivity index (χ0n) is 16.8. The molecule has 1 aliphatic rings. The summed E-state index contributed by atoms with van der Waals surface area (Å²) in [6.45, 7) is 16.9. The van der Waals surface area contributed by atoms with E-state index in [1.165, 1.54) is 11.1 Å². The standard InChI is InChI=1S/C21H35N3O/c1-7-23(8-2)18-11-12-24(14-18)21(25)22-20-10-9-17(15(3)4)13-19(20)16(5)6/h9-10,13,15-16,18H,7-8,11-12,14H2,1-6H3,(H,22,25). The minimum absolute atomic E-state index is 0.0360. The largest absolute Gasteiger partial charge is 0.323 e. The van der Waals surface area contributed by atoms with Crippen molar-refractivity contribution in [3.05, 3.63) is 29.3 Å². The van der Waals surface area contributed by atoms with Gasteiger partial charge < -0.3 is 10.2 Å². The van der Waals surface area contributed by atoms with Crippen LogP contribution in [0.4, 0.5) is 10.5 Å². The van der Waals surface area contributed by atoms with Gasteiger partial charge in [-0.25, -0.2) is 4.79 Å². The summed E-state index contributed by atoms with van der Waals surface area (Å²) in [6.07, 6.45) is 1.07. The molecule has 2 amide bonds. The lowest BCUT2D eigenvalue weighted by atomic mass is 9.94. The molecule has 1 unspecified atom stereocenters. The van der Waals surface area contributed by atoms with Crippen LogP contribution < -0.4 is 5.32 Å². The molecule has 140 valence electrons. The summed E-state index contributed by atoms with van der Waals surface area (Å²) in [7, 11) is 0. The lowest BCUT2D eigenvalue weighted by molar-refractivity contribution is 0.202. The maximum atomic E-state index is 12.7. The van der Waals surface area contributed by atoms with Gasteiger partial charge in [-0.15, -0.1) is 0 Å². The Labute approximate surface area is 153 Å². The lowest BCUT2D eigenvalue weighted by Crippen LogP contribution is -2.40. The van der Waals surface area contributed by atoms with Gasteiger partial charge in [-0.05, 0) is 48.5 Å². The van der Waals surface area contributed by atoms with E-state index in [1.54, 1.807) is 0 Å². The molecule has 0 radical (unpaired) electrons. The average Bonchev–Trinajstić information content (AvgIpc) is 3.06. The van der Waals surface area contributed by atoms with Gasteiger partial charge in [0.25, 0.3) is 0 Å². The van der Waals surface area contributed by atoms with Gasteiger partial charge in [0.15, 0.2) is 0 Å². The highest BCUT2D eigenvalue weighted by molar-refractivity contribution is 5.90. The van der Waals surface area contributed by atoms with Gasteiger partial charge in [0, 0.05) is 24.8 Å². The molecule has 1 heterocycles. The number of nitrogens with one attached hydrogen (secondary N) is 1. The SMILES string of the molecule is CCN(CC)C1CCN(C(=O)Nc2ccc(C(C)C)cc2C(C)C)C1. The summed E-state index contributed by atoms with van der Waals surface area (Å²) >= 11 is 0. The van der Waals surface area contributed by atoms with E-state index >= 15 is 0 Å². The molecule has 1 fully saturated rings. The predicted molar refractivity (Wildman–Crippen MR) is 107 cm³/mol. The van der Waals surface area contributed by atoms with Crippen LogP contribution in [0.1, 0.15) is 70.9 Å². The molecule has 1 aromatic carbocycles. The second-order valence-electron chi connectivity index (χ2n) is 7.70. The highest BCUT2D eigenvalue weighted by Gasteiger charge is 2.29. The van der Waals surface area contributed by atoms with Gasteiger partial charge in [0.05, 0.1) is 0 Å². The molecule has 0 aliphatic carbocycles. The van der Waals surface area contributed by atoms with E-state index < -0.39 is 0 Å². The van der Waals surface area contributed by atoms with Crippen LogP contribution in [0.5, 0.6) is 0 Å². The molecule has 25 heavy (non-hydrogen) atoms. The molecule has 1 atom stereocenters. The van der Waals surface area contributed by atoms with Crippen LogP contribution in [0, 0.1) is 0 Å². The van der Waals surface area contributed by atoms with Crippen LogP contribution in [-0.2, 0) is 0 Å². The fourth-order valence-corrected chi connectivity index (χ4v) is 3.69. The van der Waals surface area contributed by atoms with Crippen LogP contribution in [0.25, 0.3) is 0 Å². The Bertz CT molecular complexity index is 579. The molecule has 1 aliphatic heterocycles. The minimum Gasteiger partial charge on any atom is -0.323 e. The van der Waals surface area contributed by atoms with Crippen molar-refractivity contribution in [1.29, 1.82) is 0 Å². The van der Waals surface area contributed by atoms with Crippen LogP contribution in [0.3, 0.4) is 0 Å². The first kappa shape index (κ1) is 19.8. The second kappa shape index (κ2) is 8.70. The summed E-state index contributed by atoms with van der Waals surface area (Å²) in [5.74, 6) is 0.881. The van der Waals surface area contributed by atoms with Gasteiger partial charge in [0.2, 0.25) is 0 Å². The highest BCUT2D eigenvalue weighted by atomic mass is 16.2. The Morgan fingerprint density at radius 3 is 2.44 bits per heavy atom. The molecule has 1 N–H and O–H groups in total. The normalized spacial score (nSPS) is 17.8. The van der Waals surface area contributed by atoms with Crippen molar-refractivity contribution in [3.63, 3.8) is 0 Å². The molecular weight excluding hydrogens is 310 g/mol. The van der Waals surface area contributed by atoms with E-state index in [0.717, 1.165) is 38.3 Å². The van der Waals surface area contributed by atoms with Gasteiger partial charge in [0.1, 0.15) is 0 Å². The number of rotatable bonds is 6. The number of anilines is 1. The van der Waals surface area contributed by atoms with Crippen molar-refractivity contribution in [1.82, 2.24) is 9.80 Å². The summed E-state index contributed by atoms with van der Waals surface area (Å²) in [5.41, 5.74) is 3.50. The minimum atomic E-state index is 0.0360. The van der Waals surface area contributed by atoms with Gasteiger partial charge in [-0.1, -0.05) is 53.7 Å². The Balaban J connectivity index is 2.08. The van der Waals surface area contributed by atoms with Crippen molar-refractivity contribution in [2.24, 2.45) is 0 Å². The predicted octanol–water partition coefficient (Wildman–Crippen LogP) is 4.88. The number of likely N-dealkylation sites (N-methyl/N-ethyl adjacent to an activating group) is 1. The smallest absolute Gasteiger partial charge is 0.321 e. The summed E-state index contributed by atoms with van der Waals surface area (Å²) in [4.78, 5) is 17.2. The van der Waals surface area contributed by atoms with Crippen molar-refractivity contribution in [3.8, 4) is 0 Å². The Hall–Kier alpha value is -1.55. The van der Waals surface area contributed by atoms with Gasteiger partial charge >= 0.3 is 6.03 Å². The van der Waals surface area contributed by atoms with Crippen LogP contribution in [-0.4, -0.2) is 48.1 Å². The fourth-order valence-electron chi connectivity index (χ4n) is 3.69. The molecule has 4 heteroatoms. The molecule has 1 aromatic rings. The van der Waals surface area contributed by atoms with E-state index in [0.29, 0.717) is 17.9 Å². The summed E-state index contributed by atoms with van der Waals surface area (Å²) < 4.78 is 0. The number of carbonyl (C=O) groups excluding carboxylic acids is 1. The number of likely N-dealkylation sites (tertiary alicyclic amines) is 1. The topological polar surface area (TPSA) is 35.6 Å². The molecule has 0 saturated carbocycles. The van der Waals surface area contributed by atoms with Crippen molar-refractivity contribution >= 4 is 11.7 Å². The third-order valence-corrected chi connectivity index (χ3v) is 5.39. The molecule has 0 aromatic heterocycles. The molecule has 0 spiro atoms. The fraction of sp³-hybridized carbons (Fsp3) is 0.667. The van der Waals surface area contributed by atoms with Crippen LogP contribution in [0.15, 0.2) is 18.2 Å². The molecule has 1 saturated heterocycles. The third kappa shape index (κ3) is 4.75. The highest BCUT2D eigenvalue weighted by Crippen LogP contribution is 2.29. The first-order valence-corrected chi connectivity index (χ1v) is 9.81. The number of hydrogen-bond donors (Lipinski definition) is 1. The van der Waals surface area contributed by atoms with Crippen molar-refractivity contribution < 1.29 is 4.79 Å².